The second kappa shape index (κ2) is 4.79. The molecule has 1 saturated heterocycles. The van der Waals surface area contributed by atoms with E-state index in [1.807, 2.05) is 0 Å². The van der Waals surface area contributed by atoms with Crippen LogP contribution in [0.5, 0.6) is 0 Å². The first-order valence-corrected chi connectivity index (χ1v) is 5.91. The van der Waals surface area contributed by atoms with Crippen LogP contribution in [0, 0.1) is 5.92 Å². The molecule has 0 radical (unpaired) electrons. The van der Waals surface area contributed by atoms with E-state index < -0.39 is 5.97 Å². The fraction of sp³-hybridized carbons (Fsp3) is 0.750. The van der Waals surface area contributed by atoms with E-state index in [2.05, 4.69) is 4.90 Å². The highest BCUT2D eigenvalue weighted by molar-refractivity contribution is 5.79. The lowest BCUT2D eigenvalue weighted by Crippen LogP contribution is -2.34. The second-order valence-corrected chi connectivity index (χ2v) is 4.64. The summed E-state index contributed by atoms with van der Waals surface area (Å²) in [5, 5.41) is 8.51. The van der Waals surface area contributed by atoms with Crippen LogP contribution in [0.1, 0.15) is 32.1 Å². The largest absolute Gasteiger partial charge is 0.478 e. The number of carbonyl (C=O) groups is 1. The minimum atomic E-state index is -0.839. The van der Waals surface area contributed by atoms with Gasteiger partial charge in [0.25, 0.3) is 0 Å². The van der Waals surface area contributed by atoms with Crippen molar-refractivity contribution >= 4 is 5.97 Å². The molecule has 2 rings (SSSR count). The van der Waals surface area contributed by atoms with Gasteiger partial charge in [-0.2, -0.15) is 0 Å². The van der Waals surface area contributed by atoms with Crippen molar-refractivity contribution in [2.45, 2.75) is 38.1 Å². The minimum absolute atomic E-state index is 0.734. The zero-order chi connectivity index (χ0) is 10.7. The molecular formula is C12H19NO2. The van der Waals surface area contributed by atoms with Crippen molar-refractivity contribution in [3.8, 4) is 0 Å². The normalized spacial score (nSPS) is 32.0. The molecule has 84 valence electrons. The summed E-state index contributed by atoms with van der Waals surface area (Å²) in [6.45, 7) is 1.97. The number of hydrogen-bond donors (Lipinski definition) is 1. The number of nitrogens with zero attached hydrogens (tertiary/aromatic N) is 1. The van der Waals surface area contributed by atoms with Crippen molar-refractivity contribution in [1.82, 2.24) is 4.90 Å². The summed E-state index contributed by atoms with van der Waals surface area (Å²) in [6, 6.07) is 0.734. The first kappa shape index (κ1) is 10.7. The summed E-state index contributed by atoms with van der Waals surface area (Å²) in [5.41, 5.74) is 0. The van der Waals surface area contributed by atoms with Gasteiger partial charge >= 0.3 is 5.97 Å². The molecule has 0 bridgehead atoms. The second-order valence-electron chi connectivity index (χ2n) is 4.64. The van der Waals surface area contributed by atoms with Crippen LogP contribution in [0.25, 0.3) is 0 Å². The Hall–Kier alpha value is -0.830. The fourth-order valence-electron chi connectivity index (χ4n) is 3.02. The first-order valence-electron chi connectivity index (χ1n) is 5.91. The molecule has 1 heterocycles. The van der Waals surface area contributed by atoms with E-state index in [0.717, 1.165) is 25.0 Å². The summed E-state index contributed by atoms with van der Waals surface area (Å²) >= 11 is 0. The van der Waals surface area contributed by atoms with Crippen molar-refractivity contribution in [3.05, 3.63) is 12.2 Å². The maximum absolute atomic E-state index is 10.4. The Balaban J connectivity index is 1.85. The zero-order valence-corrected chi connectivity index (χ0v) is 9.06. The van der Waals surface area contributed by atoms with Crippen molar-refractivity contribution in [1.29, 1.82) is 0 Å². The number of rotatable bonds is 3. The monoisotopic (exact) mass is 209 g/mol. The lowest BCUT2D eigenvalue weighted by molar-refractivity contribution is -0.131. The zero-order valence-electron chi connectivity index (χ0n) is 9.06. The maximum Gasteiger partial charge on any atom is 0.328 e. The van der Waals surface area contributed by atoms with Gasteiger partial charge in [-0.1, -0.05) is 18.9 Å². The van der Waals surface area contributed by atoms with Gasteiger partial charge in [0.1, 0.15) is 0 Å². The molecule has 3 nitrogen and oxygen atoms in total. The molecule has 15 heavy (non-hydrogen) atoms. The maximum atomic E-state index is 10.4. The molecule has 0 aromatic rings. The Morgan fingerprint density at radius 2 is 2.13 bits per heavy atom. The van der Waals surface area contributed by atoms with Crippen LogP contribution < -0.4 is 0 Å². The molecule has 0 aromatic carbocycles. The topological polar surface area (TPSA) is 40.5 Å². The molecule has 0 amide bonds. The van der Waals surface area contributed by atoms with Gasteiger partial charge in [-0.15, -0.1) is 0 Å². The molecule has 2 aliphatic rings. The van der Waals surface area contributed by atoms with E-state index in [0.29, 0.717) is 0 Å². The molecule has 1 aliphatic heterocycles. The molecule has 0 aromatic heterocycles. The number of carboxylic acid groups (broad SMARTS) is 1. The van der Waals surface area contributed by atoms with Gasteiger partial charge < -0.3 is 5.11 Å². The van der Waals surface area contributed by atoms with Crippen LogP contribution in [0.3, 0.4) is 0 Å². The van der Waals surface area contributed by atoms with Crippen molar-refractivity contribution in [2.75, 3.05) is 13.1 Å². The molecule has 0 spiro atoms. The van der Waals surface area contributed by atoms with E-state index in [-0.39, 0.29) is 0 Å². The third-order valence-corrected chi connectivity index (χ3v) is 3.73. The predicted molar refractivity (Wildman–Crippen MR) is 58.7 cm³/mol. The summed E-state index contributed by atoms with van der Waals surface area (Å²) in [5.74, 6) is 0.0476. The highest BCUT2D eigenvalue weighted by Crippen LogP contribution is 2.35. The highest BCUT2D eigenvalue weighted by atomic mass is 16.4. The van der Waals surface area contributed by atoms with Gasteiger partial charge in [0, 0.05) is 18.7 Å². The van der Waals surface area contributed by atoms with E-state index in [4.69, 9.17) is 5.11 Å². The summed E-state index contributed by atoms with van der Waals surface area (Å²) < 4.78 is 0. The Morgan fingerprint density at radius 1 is 1.33 bits per heavy atom. The van der Waals surface area contributed by atoms with Gasteiger partial charge in [0.2, 0.25) is 0 Å². The Bertz CT molecular complexity index is 262. The minimum Gasteiger partial charge on any atom is -0.478 e. The molecule has 1 saturated carbocycles. The van der Waals surface area contributed by atoms with Gasteiger partial charge in [0.15, 0.2) is 0 Å². The van der Waals surface area contributed by atoms with E-state index in [1.165, 1.54) is 38.2 Å². The lowest BCUT2D eigenvalue weighted by Gasteiger charge is -2.30. The van der Waals surface area contributed by atoms with Crippen LogP contribution in [0.2, 0.25) is 0 Å². The van der Waals surface area contributed by atoms with Crippen LogP contribution in [-0.2, 0) is 4.79 Å². The van der Waals surface area contributed by atoms with Crippen molar-refractivity contribution in [3.63, 3.8) is 0 Å². The number of hydrogen-bond acceptors (Lipinski definition) is 2. The average Bonchev–Trinajstić information content (AvgIpc) is 2.62. The van der Waals surface area contributed by atoms with Gasteiger partial charge in [-0.05, 0) is 31.7 Å². The fourth-order valence-corrected chi connectivity index (χ4v) is 3.02. The van der Waals surface area contributed by atoms with Crippen LogP contribution in [0.4, 0.5) is 0 Å². The molecule has 3 heteroatoms. The summed E-state index contributed by atoms with van der Waals surface area (Å²) in [7, 11) is 0. The van der Waals surface area contributed by atoms with Gasteiger partial charge in [-0.25, -0.2) is 4.79 Å². The van der Waals surface area contributed by atoms with Crippen LogP contribution in [0.15, 0.2) is 12.2 Å². The summed E-state index contributed by atoms with van der Waals surface area (Å²) in [4.78, 5) is 12.8. The molecule has 2 atom stereocenters. The van der Waals surface area contributed by atoms with Gasteiger partial charge in [-0.3, -0.25) is 4.90 Å². The smallest absolute Gasteiger partial charge is 0.328 e. The Kier molecular flexibility index (Phi) is 3.41. The Labute approximate surface area is 90.8 Å². The Morgan fingerprint density at radius 3 is 2.93 bits per heavy atom. The number of fused-ring (bicyclic) bond motifs is 1. The number of aliphatic carboxylic acids is 1. The van der Waals surface area contributed by atoms with Crippen LogP contribution in [-0.4, -0.2) is 35.1 Å². The van der Waals surface area contributed by atoms with Crippen molar-refractivity contribution < 1.29 is 9.90 Å². The molecule has 1 N–H and O–H groups in total. The molecule has 2 unspecified atom stereocenters. The number of carboxylic acids is 1. The quantitative estimate of drug-likeness (QED) is 0.722. The SMILES string of the molecule is O=C(O)/C=C/CN1CCC2CCCCC21. The van der Waals surface area contributed by atoms with Crippen LogP contribution >= 0.6 is 0 Å². The molecule has 1 aliphatic carbocycles. The number of likely N-dealkylation sites (tertiary alicyclic amines) is 1. The highest BCUT2D eigenvalue weighted by Gasteiger charge is 2.34. The lowest BCUT2D eigenvalue weighted by atomic mass is 9.85. The van der Waals surface area contributed by atoms with Gasteiger partial charge in [0.05, 0.1) is 0 Å². The van der Waals surface area contributed by atoms with Crippen molar-refractivity contribution in [2.24, 2.45) is 5.92 Å². The first-order chi connectivity index (χ1) is 7.27. The summed E-state index contributed by atoms with van der Waals surface area (Å²) in [6.07, 6.45) is 9.77. The van der Waals surface area contributed by atoms with E-state index in [1.54, 1.807) is 6.08 Å². The molecule has 2 fully saturated rings. The van der Waals surface area contributed by atoms with E-state index in [9.17, 15) is 4.79 Å². The third kappa shape index (κ3) is 2.59. The predicted octanol–water partition coefficient (Wildman–Crippen LogP) is 1.89. The standard InChI is InChI=1S/C12H19NO2/c14-12(15)6-3-8-13-9-7-10-4-1-2-5-11(10)13/h3,6,10-11H,1-2,4-5,7-9H2,(H,14,15)/b6-3+. The molecular weight excluding hydrogens is 190 g/mol. The van der Waals surface area contributed by atoms with E-state index >= 15 is 0 Å². The third-order valence-electron chi connectivity index (χ3n) is 3.73. The average molecular weight is 209 g/mol.